The van der Waals surface area contributed by atoms with E-state index in [1.54, 1.807) is 6.26 Å². The van der Waals surface area contributed by atoms with E-state index in [-0.39, 0.29) is 18.6 Å². The van der Waals surface area contributed by atoms with E-state index in [4.69, 9.17) is 9.15 Å². The quantitative estimate of drug-likeness (QED) is 0.760. The number of rotatable bonds is 7. The lowest BCUT2D eigenvalue weighted by atomic mass is 10.1. The number of benzene rings is 1. The van der Waals surface area contributed by atoms with E-state index >= 15 is 0 Å². The molecule has 3 rings (SSSR count). The van der Waals surface area contributed by atoms with Gasteiger partial charge in [-0.2, -0.15) is 0 Å². The Morgan fingerprint density at radius 3 is 2.80 bits per heavy atom. The maximum Gasteiger partial charge on any atom is 0.258 e. The summed E-state index contributed by atoms with van der Waals surface area (Å²) in [6.45, 7) is 2.60. The molecule has 2 heterocycles. The second-order valence-electron chi connectivity index (χ2n) is 6.18. The molecule has 134 valence electrons. The molecule has 1 aliphatic rings. The zero-order valence-corrected chi connectivity index (χ0v) is 15.7. The molecule has 1 N–H and O–H groups in total. The van der Waals surface area contributed by atoms with Crippen LogP contribution in [0.5, 0.6) is 5.75 Å². The number of ether oxygens (including phenoxy) is 1. The van der Waals surface area contributed by atoms with Gasteiger partial charge in [0, 0.05) is 11.0 Å². The topological polar surface area (TPSA) is 54.7 Å². The number of amides is 1. The first-order valence-corrected chi connectivity index (χ1v) is 9.44. The number of hydrogen-bond acceptors (Lipinski definition) is 4. The lowest BCUT2D eigenvalue weighted by molar-refractivity contribution is -0.123. The van der Waals surface area contributed by atoms with Crippen molar-refractivity contribution in [1.29, 1.82) is 0 Å². The van der Waals surface area contributed by atoms with Crippen molar-refractivity contribution in [1.82, 2.24) is 10.2 Å². The van der Waals surface area contributed by atoms with Gasteiger partial charge in [0.25, 0.3) is 5.91 Å². The number of likely N-dealkylation sites (tertiary alicyclic amines) is 1. The van der Waals surface area contributed by atoms with Gasteiger partial charge in [-0.05, 0) is 56.3 Å². The van der Waals surface area contributed by atoms with E-state index < -0.39 is 0 Å². The van der Waals surface area contributed by atoms with Crippen molar-refractivity contribution in [3.63, 3.8) is 0 Å². The lowest BCUT2D eigenvalue weighted by Crippen LogP contribution is -2.41. The fourth-order valence-electron chi connectivity index (χ4n) is 3.09. The summed E-state index contributed by atoms with van der Waals surface area (Å²) in [7, 11) is 0. The third-order valence-electron chi connectivity index (χ3n) is 4.36. The maximum atomic E-state index is 12.2. The van der Waals surface area contributed by atoms with E-state index in [0.717, 1.165) is 23.3 Å². The van der Waals surface area contributed by atoms with E-state index in [2.05, 4.69) is 26.1 Å². The molecule has 1 saturated heterocycles. The van der Waals surface area contributed by atoms with Crippen molar-refractivity contribution in [2.75, 3.05) is 26.2 Å². The molecule has 0 aliphatic carbocycles. The van der Waals surface area contributed by atoms with E-state index in [1.165, 1.54) is 19.3 Å². The maximum absolute atomic E-state index is 12.2. The molecule has 0 bridgehead atoms. The van der Waals surface area contributed by atoms with Crippen LogP contribution >= 0.6 is 15.9 Å². The molecule has 1 aromatic heterocycles. The molecule has 1 fully saturated rings. The van der Waals surface area contributed by atoms with Crippen LogP contribution in [0.15, 0.2) is 51.6 Å². The SMILES string of the molecule is O=C(COc1cccc(Br)c1)NCC(c1ccco1)N1CCCCC1. The van der Waals surface area contributed by atoms with Gasteiger partial charge in [0.1, 0.15) is 11.5 Å². The molecule has 0 saturated carbocycles. The Labute approximate surface area is 156 Å². The van der Waals surface area contributed by atoms with Crippen molar-refractivity contribution in [2.45, 2.75) is 25.3 Å². The first kappa shape index (κ1) is 18.0. The van der Waals surface area contributed by atoms with Gasteiger partial charge in [-0.25, -0.2) is 0 Å². The Morgan fingerprint density at radius 1 is 1.24 bits per heavy atom. The van der Waals surface area contributed by atoms with Gasteiger partial charge >= 0.3 is 0 Å². The van der Waals surface area contributed by atoms with Gasteiger partial charge in [0.05, 0.1) is 12.3 Å². The van der Waals surface area contributed by atoms with Gasteiger partial charge in [0.15, 0.2) is 6.61 Å². The highest BCUT2D eigenvalue weighted by Gasteiger charge is 2.24. The van der Waals surface area contributed by atoms with Crippen LogP contribution in [0.4, 0.5) is 0 Å². The summed E-state index contributed by atoms with van der Waals surface area (Å²) in [6.07, 6.45) is 5.34. The number of halogens is 1. The molecule has 0 radical (unpaired) electrons. The predicted molar refractivity (Wildman–Crippen MR) is 99.5 cm³/mol. The Hall–Kier alpha value is -1.79. The minimum absolute atomic E-state index is 0.00132. The largest absolute Gasteiger partial charge is 0.484 e. The van der Waals surface area contributed by atoms with E-state index in [1.807, 2.05) is 36.4 Å². The highest BCUT2D eigenvalue weighted by atomic mass is 79.9. The van der Waals surface area contributed by atoms with Crippen molar-refractivity contribution in [3.8, 4) is 5.75 Å². The number of furan rings is 1. The Balaban J connectivity index is 1.52. The van der Waals surface area contributed by atoms with Crippen LogP contribution in [-0.2, 0) is 4.79 Å². The van der Waals surface area contributed by atoms with Crippen molar-refractivity contribution in [3.05, 3.63) is 52.9 Å². The molecular formula is C19H23BrN2O3. The molecule has 1 aromatic carbocycles. The third kappa shape index (κ3) is 5.34. The molecule has 1 amide bonds. The van der Waals surface area contributed by atoms with E-state index in [9.17, 15) is 4.79 Å². The van der Waals surface area contributed by atoms with Gasteiger partial charge in [0.2, 0.25) is 0 Å². The number of piperidine rings is 1. The predicted octanol–water partition coefficient (Wildman–Crippen LogP) is 3.76. The van der Waals surface area contributed by atoms with Gasteiger partial charge < -0.3 is 14.5 Å². The van der Waals surface area contributed by atoms with Crippen molar-refractivity contribution < 1.29 is 13.9 Å². The molecule has 1 atom stereocenters. The molecule has 25 heavy (non-hydrogen) atoms. The van der Waals surface area contributed by atoms with Crippen LogP contribution in [0.2, 0.25) is 0 Å². The molecule has 0 spiro atoms. The van der Waals surface area contributed by atoms with Crippen LogP contribution in [0.3, 0.4) is 0 Å². The second-order valence-corrected chi connectivity index (χ2v) is 7.09. The highest BCUT2D eigenvalue weighted by Crippen LogP contribution is 2.24. The Bertz CT molecular complexity index is 669. The Kier molecular flexibility index (Phi) is 6.53. The number of carbonyl (C=O) groups is 1. The molecule has 1 unspecified atom stereocenters. The molecule has 2 aromatic rings. The van der Waals surface area contributed by atoms with Gasteiger partial charge in [-0.15, -0.1) is 0 Å². The summed E-state index contributed by atoms with van der Waals surface area (Å²) < 4.78 is 12.1. The monoisotopic (exact) mass is 406 g/mol. The summed E-state index contributed by atoms with van der Waals surface area (Å²) in [5, 5.41) is 2.98. The second kappa shape index (κ2) is 9.06. The van der Waals surface area contributed by atoms with Crippen LogP contribution in [0, 0.1) is 0 Å². The normalized spacial score (nSPS) is 16.4. The molecule has 6 heteroatoms. The summed E-state index contributed by atoms with van der Waals surface area (Å²) >= 11 is 3.39. The smallest absolute Gasteiger partial charge is 0.258 e. The van der Waals surface area contributed by atoms with Crippen molar-refractivity contribution >= 4 is 21.8 Å². The standard InChI is InChI=1S/C19H23BrN2O3/c20-15-6-4-7-16(12-15)25-14-19(23)21-13-17(18-8-5-11-24-18)22-9-2-1-3-10-22/h4-8,11-12,17H,1-3,9-10,13-14H2,(H,21,23). The zero-order valence-electron chi connectivity index (χ0n) is 14.1. The average molecular weight is 407 g/mol. The molecular weight excluding hydrogens is 384 g/mol. The van der Waals surface area contributed by atoms with Crippen LogP contribution in [0.1, 0.15) is 31.1 Å². The summed E-state index contributed by atoms with van der Waals surface area (Å²) in [6, 6.07) is 11.4. The summed E-state index contributed by atoms with van der Waals surface area (Å²) in [5.74, 6) is 1.44. The first-order valence-electron chi connectivity index (χ1n) is 8.65. The van der Waals surface area contributed by atoms with Crippen LogP contribution in [-0.4, -0.2) is 37.0 Å². The van der Waals surface area contributed by atoms with Crippen LogP contribution in [0.25, 0.3) is 0 Å². The number of nitrogens with zero attached hydrogens (tertiary/aromatic N) is 1. The lowest BCUT2D eigenvalue weighted by Gasteiger charge is -2.33. The third-order valence-corrected chi connectivity index (χ3v) is 4.85. The fraction of sp³-hybridized carbons (Fsp3) is 0.421. The fourth-order valence-corrected chi connectivity index (χ4v) is 3.47. The first-order chi connectivity index (χ1) is 12.2. The number of carbonyl (C=O) groups excluding carboxylic acids is 1. The highest BCUT2D eigenvalue weighted by molar-refractivity contribution is 9.10. The number of nitrogens with one attached hydrogen (secondary N) is 1. The van der Waals surface area contributed by atoms with Gasteiger partial charge in [-0.1, -0.05) is 28.4 Å². The van der Waals surface area contributed by atoms with Crippen molar-refractivity contribution in [2.24, 2.45) is 0 Å². The van der Waals surface area contributed by atoms with E-state index in [0.29, 0.717) is 12.3 Å². The molecule has 5 nitrogen and oxygen atoms in total. The minimum atomic E-state index is -0.131. The molecule has 1 aliphatic heterocycles. The van der Waals surface area contributed by atoms with Crippen LogP contribution < -0.4 is 10.1 Å². The Morgan fingerprint density at radius 2 is 2.08 bits per heavy atom. The summed E-state index contributed by atoms with van der Waals surface area (Å²) in [5.41, 5.74) is 0. The zero-order chi connectivity index (χ0) is 17.5. The minimum Gasteiger partial charge on any atom is -0.484 e. The average Bonchev–Trinajstić information content (AvgIpc) is 3.15. The van der Waals surface area contributed by atoms with Gasteiger partial charge in [-0.3, -0.25) is 9.69 Å². The number of hydrogen-bond donors (Lipinski definition) is 1. The summed E-state index contributed by atoms with van der Waals surface area (Å²) in [4.78, 5) is 14.5.